The number of benzene rings is 1. The highest BCUT2D eigenvalue weighted by atomic mass is 16.5. The molecule has 2 aliphatic heterocycles. The van der Waals surface area contributed by atoms with Gasteiger partial charge in [-0.2, -0.15) is 0 Å². The summed E-state index contributed by atoms with van der Waals surface area (Å²) in [7, 11) is 1.61. The van der Waals surface area contributed by atoms with E-state index in [9.17, 15) is 4.79 Å². The average Bonchev–Trinajstić information content (AvgIpc) is 2.91. The van der Waals surface area contributed by atoms with Crippen LogP contribution in [0.4, 0.5) is 5.69 Å². The van der Waals surface area contributed by atoms with Crippen molar-refractivity contribution in [2.75, 3.05) is 38.6 Å². The Morgan fingerprint density at radius 1 is 1.38 bits per heavy atom. The molecule has 2 bridgehead atoms. The van der Waals surface area contributed by atoms with E-state index in [4.69, 9.17) is 4.74 Å². The number of amides is 1. The predicted octanol–water partition coefficient (Wildman–Crippen LogP) is 1.32. The minimum absolute atomic E-state index is 0.0565. The number of nitrogens with one attached hydrogen (secondary N) is 2. The van der Waals surface area contributed by atoms with E-state index in [2.05, 4.69) is 21.6 Å². The van der Waals surface area contributed by atoms with Crippen molar-refractivity contribution in [3.63, 3.8) is 0 Å². The Hall–Kier alpha value is -1.75. The van der Waals surface area contributed by atoms with Gasteiger partial charge in [0.2, 0.25) is 0 Å². The normalized spacial score (nSPS) is 27.2. The van der Waals surface area contributed by atoms with Crippen molar-refractivity contribution in [1.29, 1.82) is 0 Å². The van der Waals surface area contributed by atoms with E-state index in [1.54, 1.807) is 7.05 Å². The summed E-state index contributed by atoms with van der Waals surface area (Å²) >= 11 is 0. The number of hydrogen-bond donors (Lipinski definition) is 2. The molecule has 3 atom stereocenters. The zero-order valence-corrected chi connectivity index (χ0v) is 12.5. The Bertz CT molecular complexity index is 506. The standard InChI is InChI=1S/C16H23N3O2/c1-17-16(20)11-21-14-4-2-3-13(9-14)18-15-6-8-19-7-5-12(15)10-19/h2-4,9,12,15,18H,5-8,10-11H2,1H3,(H,17,20). The molecule has 3 rings (SSSR count). The van der Waals surface area contributed by atoms with Crippen molar-refractivity contribution in [3.05, 3.63) is 24.3 Å². The number of fused-ring (bicyclic) bond motifs is 2. The maximum Gasteiger partial charge on any atom is 0.257 e. The molecule has 1 aromatic rings. The van der Waals surface area contributed by atoms with Crippen LogP contribution >= 0.6 is 0 Å². The molecule has 0 saturated carbocycles. The van der Waals surface area contributed by atoms with E-state index >= 15 is 0 Å². The van der Waals surface area contributed by atoms with Crippen LogP contribution in [0.1, 0.15) is 12.8 Å². The number of rotatable bonds is 5. The summed E-state index contributed by atoms with van der Waals surface area (Å²) in [5.74, 6) is 1.37. The largest absolute Gasteiger partial charge is 0.484 e. The van der Waals surface area contributed by atoms with Crippen molar-refractivity contribution >= 4 is 11.6 Å². The summed E-state index contributed by atoms with van der Waals surface area (Å²) in [6, 6.07) is 8.44. The summed E-state index contributed by atoms with van der Waals surface area (Å²) < 4.78 is 5.49. The third kappa shape index (κ3) is 3.47. The Labute approximate surface area is 125 Å². The van der Waals surface area contributed by atoms with Gasteiger partial charge >= 0.3 is 0 Å². The van der Waals surface area contributed by atoms with Gasteiger partial charge < -0.3 is 20.3 Å². The number of likely N-dealkylation sites (N-methyl/N-ethyl adjacent to an activating group) is 1. The van der Waals surface area contributed by atoms with Gasteiger partial charge in [-0.15, -0.1) is 0 Å². The first-order valence-corrected chi connectivity index (χ1v) is 7.67. The van der Waals surface area contributed by atoms with Crippen LogP contribution in [0, 0.1) is 5.92 Å². The third-order valence-electron chi connectivity index (χ3n) is 4.47. The molecule has 114 valence electrons. The smallest absolute Gasteiger partial charge is 0.257 e. The second-order valence-corrected chi connectivity index (χ2v) is 5.88. The van der Waals surface area contributed by atoms with Crippen LogP contribution < -0.4 is 15.4 Å². The Kier molecular flexibility index (Phi) is 4.29. The zero-order chi connectivity index (χ0) is 14.7. The molecule has 2 fully saturated rings. The van der Waals surface area contributed by atoms with Crippen LogP contribution in [-0.4, -0.2) is 50.1 Å². The van der Waals surface area contributed by atoms with E-state index in [0.717, 1.165) is 17.4 Å². The van der Waals surface area contributed by atoms with Gasteiger partial charge in [-0.05, 0) is 37.4 Å². The number of piperidine rings is 1. The van der Waals surface area contributed by atoms with E-state index in [-0.39, 0.29) is 12.5 Å². The van der Waals surface area contributed by atoms with Crippen LogP contribution in [-0.2, 0) is 4.79 Å². The first kappa shape index (κ1) is 14.2. The second-order valence-electron chi connectivity index (χ2n) is 5.88. The summed E-state index contributed by atoms with van der Waals surface area (Å²) in [6.45, 7) is 3.73. The number of carbonyl (C=O) groups excluding carboxylic acids is 1. The molecule has 2 saturated heterocycles. The van der Waals surface area contributed by atoms with Crippen LogP contribution in [0.5, 0.6) is 5.75 Å². The van der Waals surface area contributed by atoms with Gasteiger partial charge in [-0.1, -0.05) is 6.07 Å². The van der Waals surface area contributed by atoms with E-state index in [0.29, 0.717) is 6.04 Å². The maximum absolute atomic E-state index is 11.2. The number of anilines is 1. The van der Waals surface area contributed by atoms with Gasteiger partial charge in [-0.3, -0.25) is 4.79 Å². The molecular formula is C16H23N3O2. The Morgan fingerprint density at radius 2 is 2.24 bits per heavy atom. The molecular weight excluding hydrogens is 266 g/mol. The van der Waals surface area contributed by atoms with Crippen molar-refractivity contribution < 1.29 is 9.53 Å². The fourth-order valence-electron chi connectivity index (χ4n) is 3.25. The molecule has 1 amide bonds. The monoisotopic (exact) mass is 289 g/mol. The number of hydrogen-bond acceptors (Lipinski definition) is 4. The zero-order valence-electron chi connectivity index (χ0n) is 12.5. The molecule has 0 radical (unpaired) electrons. The molecule has 3 unspecified atom stereocenters. The SMILES string of the molecule is CNC(=O)COc1cccc(NC2CCN3CCC2C3)c1. The van der Waals surface area contributed by atoms with E-state index < -0.39 is 0 Å². The molecule has 5 nitrogen and oxygen atoms in total. The summed E-state index contributed by atoms with van der Waals surface area (Å²) in [5, 5.41) is 6.19. The fraction of sp³-hybridized carbons (Fsp3) is 0.562. The lowest BCUT2D eigenvalue weighted by Crippen LogP contribution is -2.39. The molecule has 5 heteroatoms. The summed E-state index contributed by atoms with van der Waals surface area (Å²) in [4.78, 5) is 13.8. The van der Waals surface area contributed by atoms with Crippen molar-refractivity contribution in [3.8, 4) is 5.75 Å². The lowest BCUT2D eigenvalue weighted by molar-refractivity contribution is -0.122. The lowest BCUT2D eigenvalue weighted by atomic mass is 9.94. The van der Waals surface area contributed by atoms with Gasteiger partial charge in [0.15, 0.2) is 6.61 Å². The van der Waals surface area contributed by atoms with Crippen molar-refractivity contribution in [2.45, 2.75) is 18.9 Å². The molecule has 2 N–H and O–H groups in total. The van der Waals surface area contributed by atoms with Gasteiger partial charge in [0.05, 0.1) is 0 Å². The average molecular weight is 289 g/mol. The van der Waals surface area contributed by atoms with E-state index in [1.165, 1.54) is 32.5 Å². The van der Waals surface area contributed by atoms with Crippen LogP contribution in [0.2, 0.25) is 0 Å². The molecule has 1 aromatic carbocycles. The quantitative estimate of drug-likeness (QED) is 0.858. The molecule has 0 aliphatic carbocycles. The molecule has 21 heavy (non-hydrogen) atoms. The molecule has 0 spiro atoms. The predicted molar refractivity (Wildman–Crippen MR) is 82.6 cm³/mol. The van der Waals surface area contributed by atoms with Crippen LogP contribution in [0.25, 0.3) is 0 Å². The van der Waals surface area contributed by atoms with Gasteiger partial charge in [-0.25, -0.2) is 0 Å². The van der Waals surface area contributed by atoms with Gasteiger partial charge in [0.1, 0.15) is 5.75 Å². The molecule has 0 aromatic heterocycles. The Balaban J connectivity index is 1.59. The van der Waals surface area contributed by atoms with Crippen molar-refractivity contribution in [1.82, 2.24) is 10.2 Å². The lowest BCUT2D eigenvalue weighted by Gasteiger charge is -2.31. The summed E-state index contributed by atoms with van der Waals surface area (Å²) in [6.07, 6.45) is 2.50. The van der Waals surface area contributed by atoms with E-state index in [1.807, 2.05) is 18.2 Å². The highest BCUT2D eigenvalue weighted by Crippen LogP contribution is 2.30. The van der Waals surface area contributed by atoms with Crippen molar-refractivity contribution in [2.24, 2.45) is 5.92 Å². The third-order valence-corrected chi connectivity index (χ3v) is 4.47. The summed E-state index contributed by atoms with van der Waals surface area (Å²) in [5.41, 5.74) is 1.08. The maximum atomic E-state index is 11.2. The second kappa shape index (κ2) is 6.35. The number of nitrogens with zero attached hydrogens (tertiary/aromatic N) is 1. The molecule has 2 aliphatic rings. The first-order valence-electron chi connectivity index (χ1n) is 7.67. The highest BCUT2D eigenvalue weighted by molar-refractivity contribution is 5.77. The number of ether oxygens (including phenoxy) is 1. The highest BCUT2D eigenvalue weighted by Gasteiger charge is 2.34. The Morgan fingerprint density at radius 3 is 3.10 bits per heavy atom. The minimum Gasteiger partial charge on any atom is -0.484 e. The van der Waals surface area contributed by atoms with Gasteiger partial charge in [0, 0.05) is 37.9 Å². The fourth-order valence-corrected chi connectivity index (χ4v) is 3.25. The minimum atomic E-state index is -0.119. The van der Waals surface area contributed by atoms with Crippen LogP contribution in [0.15, 0.2) is 24.3 Å². The van der Waals surface area contributed by atoms with Gasteiger partial charge in [0.25, 0.3) is 5.91 Å². The topological polar surface area (TPSA) is 53.6 Å². The van der Waals surface area contributed by atoms with Crippen LogP contribution in [0.3, 0.4) is 0 Å². The first-order chi connectivity index (χ1) is 10.2. The molecule has 2 heterocycles. The number of carbonyl (C=O) groups is 1.